The summed E-state index contributed by atoms with van der Waals surface area (Å²) in [5.74, 6) is 0. The molecule has 0 saturated carbocycles. The molecule has 0 saturated heterocycles. The third kappa shape index (κ3) is 4.75. The number of nitrogens with two attached hydrogens (primary N) is 2. The van der Waals surface area contributed by atoms with Crippen LogP contribution in [0.4, 0.5) is 11.4 Å². The molecule has 2 rings (SSSR count). The minimum absolute atomic E-state index is 0.713. The van der Waals surface area contributed by atoms with Gasteiger partial charge in [-0.1, -0.05) is 24.3 Å². The molecule has 16 heavy (non-hydrogen) atoms. The Kier molecular flexibility index (Phi) is 5.29. The molecule has 0 bridgehead atoms. The average molecular weight is 232 g/mol. The molecule has 84 valence electrons. The molecule has 0 aliphatic heterocycles. The first-order chi connectivity index (χ1) is 7.72. The van der Waals surface area contributed by atoms with Crippen molar-refractivity contribution in [3.8, 4) is 0 Å². The first kappa shape index (κ1) is 12.5. The van der Waals surface area contributed by atoms with Gasteiger partial charge in [-0.15, -0.1) is 11.8 Å². The van der Waals surface area contributed by atoms with E-state index in [1.165, 1.54) is 4.90 Å². The predicted octanol–water partition coefficient (Wildman–Crippen LogP) is 3.26. The van der Waals surface area contributed by atoms with Crippen LogP contribution in [0.5, 0.6) is 0 Å². The number of anilines is 2. The van der Waals surface area contributed by atoms with Crippen LogP contribution in [-0.4, -0.2) is 6.26 Å². The van der Waals surface area contributed by atoms with Gasteiger partial charge < -0.3 is 11.5 Å². The van der Waals surface area contributed by atoms with Gasteiger partial charge in [0.15, 0.2) is 0 Å². The van der Waals surface area contributed by atoms with E-state index in [0.717, 1.165) is 0 Å². The summed E-state index contributed by atoms with van der Waals surface area (Å²) in [7, 11) is 0. The molecular weight excluding hydrogens is 216 g/mol. The van der Waals surface area contributed by atoms with Crippen molar-refractivity contribution in [2.75, 3.05) is 17.7 Å². The molecule has 0 amide bonds. The topological polar surface area (TPSA) is 52.0 Å². The van der Waals surface area contributed by atoms with Gasteiger partial charge in [-0.3, -0.25) is 0 Å². The van der Waals surface area contributed by atoms with Gasteiger partial charge in [-0.05, 0) is 36.6 Å². The molecule has 0 radical (unpaired) electrons. The molecule has 0 fully saturated rings. The van der Waals surface area contributed by atoms with Crippen LogP contribution in [0.15, 0.2) is 59.5 Å². The van der Waals surface area contributed by atoms with Crippen molar-refractivity contribution >= 4 is 23.1 Å². The van der Waals surface area contributed by atoms with Crippen molar-refractivity contribution < 1.29 is 0 Å². The summed E-state index contributed by atoms with van der Waals surface area (Å²) in [4.78, 5) is 1.33. The zero-order chi connectivity index (χ0) is 11.8. The molecule has 0 aromatic heterocycles. The average Bonchev–Trinajstić information content (AvgIpc) is 2.31. The second-order valence-electron chi connectivity index (χ2n) is 3.19. The molecule has 0 spiro atoms. The Morgan fingerprint density at radius 3 is 1.69 bits per heavy atom. The monoisotopic (exact) mass is 232 g/mol. The lowest BCUT2D eigenvalue weighted by Gasteiger charge is -1.91. The third-order valence-electron chi connectivity index (χ3n) is 1.89. The Morgan fingerprint density at radius 1 is 0.812 bits per heavy atom. The van der Waals surface area contributed by atoms with Gasteiger partial charge in [0.25, 0.3) is 0 Å². The first-order valence-corrected chi connectivity index (χ1v) is 6.15. The lowest BCUT2D eigenvalue weighted by molar-refractivity contribution is 1.47. The number of hydrogen-bond donors (Lipinski definition) is 2. The minimum atomic E-state index is 0.713. The van der Waals surface area contributed by atoms with Crippen LogP contribution in [0.3, 0.4) is 0 Å². The van der Waals surface area contributed by atoms with Gasteiger partial charge in [0.1, 0.15) is 0 Å². The van der Waals surface area contributed by atoms with Gasteiger partial charge in [0, 0.05) is 16.3 Å². The second kappa shape index (κ2) is 6.80. The van der Waals surface area contributed by atoms with E-state index in [9.17, 15) is 0 Å². The predicted molar refractivity (Wildman–Crippen MR) is 73.5 cm³/mol. The van der Waals surface area contributed by atoms with E-state index in [1.54, 1.807) is 30.0 Å². The molecule has 0 aliphatic carbocycles. The molecule has 0 atom stereocenters. The lowest BCUT2D eigenvalue weighted by atomic mass is 10.3. The molecule has 0 heterocycles. The fourth-order valence-electron chi connectivity index (χ4n) is 1.12. The molecule has 2 aromatic rings. The maximum Gasteiger partial charge on any atom is 0.0334 e. The summed E-state index contributed by atoms with van der Waals surface area (Å²) in [6, 6.07) is 17.5. The van der Waals surface area contributed by atoms with Gasteiger partial charge >= 0.3 is 0 Å². The fraction of sp³-hybridized carbons (Fsp3) is 0.0769. The SMILES string of the molecule is CSc1ccccc1.Nc1cccc(N)c1. The smallest absolute Gasteiger partial charge is 0.0334 e. The molecule has 4 N–H and O–H groups in total. The molecule has 2 aromatic carbocycles. The van der Waals surface area contributed by atoms with Crippen LogP contribution in [-0.2, 0) is 0 Å². The highest BCUT2D eigenvalue weighted by molar-refractivity contribution is 7.98. The number of rotatable bonds is 1. The van der Waals surface area contributed by atoms with E-state index >= 15 is 0 Å². The Balaban J connectivity index is 0.000000160. The summed E-state index contributed by atoms with van der Waals surface area (Å²) in [5, 5.41) is 0. The quantitative estimate of drug-likeness (QED) is 0.586. The van der Waals surface area contributed by atoms with Crippen molar-refractivity contribution in [3.63, 3.8) is 0 Å². The van der Waals surface area contributed by atoms with Crippen molar-refractivity contribution in [3.05, 3.63) is 54.6 Å². The largest absolute Gasteiger partial charge is 0.399 e. The molecule has 0 aliphatic rings. The van der Waals surface area contributed by atoms with Crippen LogP contribution in [0, 0.1) is 0 Å². The zero-order valence-electron chi connectivity index (χ0n) is 9.26. The first-order valence-electron chi connectivity index (χ1n) is 4.92. The molecule has 2 nitrogen and oxygen atoms in total. The fourth-order valence-corrected chi connectivity index (χ4v) is 1.54. The van der Waals surface area contributed by atoms with Crippen molar-refractivity contribution in [1.29, 1.82) is 0 Å². The van der Waals surface area contributed by atoms with Crippen LogP contribution in [0.1, 0.15) is 0 Å². The molecule has 3 heteroatoms. The highest BCUT2D eigenvalue weighted by atomic mass is 32.2. The summed E-state index contributed by atoms with van der Waals surface area (Å²) in [5.41, 5.74) is 12.2. The maximum atomic E-state index is 5.38. The number of thioether (sulfide) groups is 1. The van der Waals surface area contributed by atoms with E-state index in [2.05, 4.69) is 18.4 Å². The summed E-state index contributed by atoms with van der Waals surface area (Å²) in [6.07, 6.45) is 2.08. The number of benzene rings is 2. The summed E-state index contributed by atoms with van der Waals surface area (Å²) < 4.78 is 0. The Labute approximate surface area is 101 Å². The number of nitrogen functional groups attached to an aromatic ring is 2. The summed E-state index contributed by atoms with van der Waals surface area (Å²) in [6.45, 7) is 0. The Hall–Kier alpha value is -1.61. The molecule has 0 unspecified atom stereocenters. The lowest BCUT2D eigenvalue weighted by Crippen LogP contribution is -1.87. The van der Waals surface area contributed by atoms with Gasteiger partial charge in [0.2, 0.25) is 0 Å². The summed E-state index contributed by atoms with van der Waals surface area (Å²) >= 11 is 1.77. The van der Waals surface area contributed by atoms with Gasteiger partial charge in [0.05, 0.1) is 0 Å². The van der Waals surface area contributed by atoms with E-state index < -0.39 is 0 Å². The maximum absolute atomic E-state index is 5.38. The van der Waals surface area contributed by atoms with E-state index in [1.807, 2.05) is 24.3 Å². The van der Waals surface area contributed by atoms with Crippen molar-refractivity contribution in [2.24, 2.45) is 0 Å². The minimum Gasteiger partial charge on any atom is -0.399 e. The third-order valence-corrected chi connectivity index (χ3v) is 2.63. The van der Waals surface area contributed by atoms with Crippen LogP contribution in [0.2, 0.25) is 0 Å². The normalized spacial score (nSPS) is 9.06. The van der Waals surface area contributed by atoms with E-state index in [-0.39, 0.29) is 0 Å². The van der Waals surface area contributed by atoms with Gasteiger partial charge in [-0.2, -0.15) is 0 Å². The Morgan fingerprint density at radius 2 is 1.38 bits per heavy atom. The van der Waals surface area contributed by atoms with Crippen LogP contribution >= 0.6 is 11.8 Å². The highest BCUT2D eigenvalue weighted by Crippen LogP contribution is 2.11. The number of hydrogen-bond acceptors (Lipinski definition) is 3. The zero-order valence-corrected chi connectivity index (χ0v) is 10.1. The molecular formula is C13H16N2S. The second-order valence-corrected chi connectivity index (χ2v) is 4.07. The van der Waals surface area contributed by atoms with Crippen LogP contribution < -0.4 is 11.5 Å². The van der Waals surface area contributed by atoms with E-state index in [0.29, 0.717) is 11.4 Å². The Bertz CT molecular complexity index is 398. The highest BCUT2D eigenvalue weighted by Gasteiger charge is 1.81. The van der Waals surface area contributed by atoms with Crippen molar-refractivity contribution in [1.82, 2.24) is 0 Å². The van der Waals surface area contributed by atoms with Crippen molar-refractivity contribution in [2.45, 2.75) is 4.90 Å². The standard InChI is InChI=1S/C7H8S.C6H8N2/c1-8-7-5-3-2-4-6-7;7-5-2-1-3-6(8)4-5/h2-6H,1H3;1-4H,7-8H2. The van der Waals surface area contributed by atoms with Crippen LogP contribution in [0.25, 0.3) is 0 Å². The van der Waals surface area contributed by atoms with Gasteiger partial charge in [-0.25, -0.2) is 0 Å². The van der Waals surface area contributed by atoms with E-state index in [4.69, 9.17) is 11.5 Å².